The van der Waals surface area contributed by atoms with E-state index in [1.807, 2.05) is 12.1 Å². The van der Waals surface area contributed by atoms with E-state index in [2.05, 4.69) is 28.0 Å². The Labute approximate surface area is 139 Å². The average molecular weight is 410 g/mol. The standard InChI is InChI=1S/C15H11IN2O4/c16-9-1-3-10(4-2-9)18-15(21)13(14(20)17-18)7-11-5-6-12(8-19)22-11/h1-7,19H,8H2,(H,17,20). The van der Waals surface area contributed by atoms with Crippen LogP contribution in [-0.4, -0.2) is 16.9 Å². The molecule has 0 bridgehead atoms. The molecule has 2 N–H and O–H groups in total. The lowest BCUT2D eigenvalue weighted by Gasteiger charge is -2.14. The molecule has 0 aliphatic carbocycles. The highest BCUT2D eigenvalue weighted by molar-refractivity contribution is 14.1. The summed E-state index contributed by atoms with van der Waals surface area (Å²) in [6.45, 7) is -0.238. The van der Waals surface area contributed by atoms with Crippen molar-refractivity contribution in [1.29, 1.82) is 0 Å². The number of furan rings is 1. The molecule has 0 radical (unpaired) electrons. The van der Waals surface area contributed by atoms with Crippen molar-refractivity contribution < 1.29 is 19.1 Å². The fourth-order valence-corrected chi connectivity index (χ4v) is 2.39. The summed E-state index contributed by atoms with van der Waals surface area (Å²) in [4.78, 5) is 24.3. The van der Waals surface area contributed by atoms with Gasteiger partial charge in [0.15, 0.2) is 0 Å². The number of carbonyl (C=O) groups is 2. The van der Waals surface area contributed by atoms with Crippen molar-refractivity contribution in [1.82, 2.24) is 5.43 Å². The predicted octanol–water partition coefficient (Wildman–Crippen LogP) is 1.84. The second-order valence-electron chi connectivity index (χ2n) is 4.58. The Bertz CT molecular complexity index is 764. The van der Waals surface area contributed by atoms with Crippen LogP contribution in [0.2, 0.25) is 0 Å². The van der Waals surface area contributed by atoms with Gasteiger partial charge in [-0.2, -0.15) is 0 Å². The first-order valence-corrected chi connectivity index (χ1v) is 7.48. The van der Waals surface area contributed by atoms with Crippen LogP contribution in [0.1, 0.15) is 11.5 Å². The summed E-state index contributed by atoms with van der Waals surface area (Å²) in [7, 11) is 0. The van der Waals surface area contributed by atoms with Crippen molar-refractivity contribution >= 4 is 46.2 Å². The van der Waals surface area contributed by atoms with E-state index in [-0.39, 0.29) is 12.2 Å². The van der Waals surface area contributed by atoms with Gasteiger partial charge in [-0.25, -0.2) is 5.01 Å². The number of hydrogen-bond donors (Lipinski definition) is 2. The summed E-state index contributed by atoms with van der Waals surface area (Å²) in [5, 5.41) is 10.2. The van der Waals surface area contributed by atoms with Gasteiger partial charge in [0.1, 0.15) is 23.7 Å². The van der Waals surface area contributed by atoms with Crippen LogP contribution in [0.15, 0.2) is 46.4 Å². The minimum atomic E-state index is -0.495. The summed E-state index contributed by atoms with van der Waals surface area (Å²) < 4.78 is 6.30. The molecule has 3 rings (SSSR count). The van der Waals surface area contributed by atoms with E-state index in [1.165, 1.54) is 11.1 Å². The first-order valence-electron chi connectivity index (χ1n) is 6.41. The van der Waals surface area contributed by atoms with Crippen molar-refractivity contribution in [3.63, 3.8) is 0 Å². The number of nitrogens with zero attached hydrogens (tertiary/aromatic N) is 1. The van der Waals surface area contributed by atoms with Crippen molar-refractivity contribution in [2.75, 3.05) is 5.01 Å². The molecule has 7 heteroatoms. The number of benzene rings is 1. The Morgan fingerprint density at radius 2 is 1.91 bits per heavy atom. The zero-order chi connectivity index (χ0) is 15.7. The molecule has 1 aromatic carbocycles. The molecular formula is C15H11IN2O4. The molecule has 1 aromatic heterocycles. The fourth-order valence-electron chi connectivity index (χ4n) is 2.03. The number of aliphatic hydroxyl groups is 1. The highest BCUT2D eigenvalue weighted by Gasteiger charge is 2.34. The van der Waals surface area contributed by atoms with Gasteiger partial charge in [-0.1, -0.05) is 0 Å². The molecule has 2 heterocycles. The van der Waals surface area contributed by atoms with E-state index < -0.39 is 11.8 Å². The van der Waals surface area contributed by atoms with Crippen molar-refractivity contribution in [3.8, 4) is 0 Å². The molecule has 6 nitrogen and oxygen atoms in total. The first kappa shape index (κ1) is 14.8. The average Bonchev–Trinajstić information content (AvgIpc) is 3.08. The number of aliphatic hydroxyl groups excluding tert-OH is 1. The zero-order valence-electron chi connectivity index (χ0n) is 11.2. The Kier molecular flexibility index (Phi) is 3.99. The number of rotatable bonds is 3. The molecule has 1 saturated heterocycles. The van der Waals surface area contributed by atoms with Crippen LogP contribution in [0.25, 0.3) is 6.08 Å². The second kappa shape index (κ2) is 5.93. The van der Waals surface area contributed by atoms with E-state index in [0.717, 1.165) is 3.57 Å². The van der Waals surface area contributed by atoms with Crippen LogP contribution in [0.4, 0.5) is 5.69 Å². The fraction of sp³-hybridized carbons (Fsp3) is 0.0667. The lowest BCUT2D eigenvalue weighted by atomic mass is 10.2. The summed E-state index contributed by atoms with van der Waals surface area (Å²) >= 11 is 2.16. The molecule has 0 spiro atoms. The van der Waals surface area contributed by atoms with E-state index in [1.54, 1.807) is 24.3 Å². The number of carbonyl (C=O) groups excluding carboxylic acids is 2. The smallest absolute Gasteiger partial charge is 0.282 e. The molecule has 1 fully saturated rings. The molecule has 1 aliphatic heterocycles. The molecule has 1 aliphatic rings. The van der Waals surface area contributed by atoms with Crippen LogP contribution in [0, 0.1) is 3.57 Å². The van der Waals surface area contributed by atoms with Crippen molar-refractivity contribution in [2.45, 2.75) is 6.61 Å². The maximum Gasteiger partial charge on any atom is 0.282 e. The number of anilines is 1. The normalized spacial score (nSPS) is 16.5. The van der Waals surface area contributed by atoms with Gasteiger partial charge >= 0.3 is 0 Å². The number of hydrogen-bond acceptors (Lipinski definition) is 4. The highest BCUT2D eigenvalue weighted by Crippen LogP contribution is 2.22. The van der Waals surface area contributed by atoms with Gasteiger partial charge in [0.2, 0.25) is 0 Å². The largest absolute Gasteiger partial charge is 0.459 e. The Hall–Kier alpha value is -2.13. The third-order valence-corrected chi connectivity index (χ3v) is 3.82. The van der Waals surface area contributed by atoms with Crippen molar-refractivity contribution in [3.05, 3.63) is 57.1 Å². The molecule has 0 atom stereocenters. The van der Waals surface area contributed by atoms with Crippen molar-refractivity contribution in [2.24, 2.45) is 0 Å². The minimum absolute atomic E-state index is 0.0163. The summed E-state index contributed by atoms with van der Waals surface area (Å²) in [5.41, 5.74) is 3.08. The SMILES string of the molecule is O=C1NN(c2ccc(I)cc2)C(=O)C1=Cc1ccc(CO)o1. The quantitative estimate of drug-likeness (QED) is 0.460. The number of hydrazine groups is 1. The van der Waals surface area contributed by atoms with Crippen LogP contribution < -0.4 is 10.4 Å². The third kappa shape index (κ3) is 2.77. The number of halogens is 1. The highest BCUT2D eigenvalue weighted by atomic mass is 127. The zero-order valence-corrected chi connectivity index (χ0v) is 13.4. The minimum Gasteiger partial charge on any atom is -0.459 e. The summed E-state index contributed by atoms with van der Waals surface area (Å²) in [6, 6.07) is 10.4. The summed E-state index contributed by atoms with van der Waals surface area (Å²) in [5.74, 6) is -0.238. The molecule has 0 unspecified atom stereocenters. The topological polar surface area (TPSA) is 82.8 Å². The van der Waals surface area contributed by atoms with Crippen LogP contribution in [0.3, 0.4) is 0 Å². The molecule has 2 amide bonds. The molecule has 22 heavy (non-hydrogen) atoms. The predicted molar refractivity (Wildman–Crippen MR) is 87.4 cm³/mol. The van der Waals surface area contributed by atoms with E-state index in [4.69, 9.17) is 9.52 Å². The molecule has 2 aromatic rings. The molecule has 112 valence electrons. The van der Waals surface area contributed by atoms with Gasteiger partial charge in [-0.3, -0.25) is 15.0 Å². The first-order chi connectivity index (χ1) is 10.6. The Morgan fingerprint density at radius 1 is 1.18 bits per heavy atom. The van der Waals surface area contributed by atoms with E-state index in [0.29, 0.717) is 17.2 Å². The monoisotopic (exact) mass is 410 g/mol. The molecular weight excluding hydrogens is 399 g/mol. The lowest BCUT2D eigenvalue weighted by molar-refractivity contribution is -0.117. The van der Waals surface area contributed by atoms with E-state index in [9.17, 15) is 9.59 Å². The van der Waals surface area contributed by atoms with Gasteiger partial charge in [0, 0.05) is 3.57 Å². The van der Waals surface area contributed by atoms with Crippen LogP contribution in [0.5, 0.6) is 0 Å². The Balaban J connectivity index is 1.89. The third-order valence-electron chi connectivity index (χ3n) is 3.10. The number of amides is 2. The van der Waals surface area contributed by atoms with Gasteiger partial charge < -0.3 is 9.52 Å². The van der Waals surface area contributed by atoms with Crippen LogP contribution >= 0.6 is 22.6 Å². The molecule has 0 saturated carbocycles. The summed E-state index contributed by atoms with van der Waals surface area (Å²) in [6.07, 6.45) is 1.36. The maximum absolute atomic E-state index is 12.4. The Morgan fingerprint density at radius 3 is 2.55 bits per heavy atom. The van der Waals surface area contributed by atoms with Crippen LogP contribution in [-0.2, 0) is 16.2 Å². The van der Waals surface area contributed by atoms with E-state index >= 15 is 0 Å². The van der Waals surface area contributed by atoms with Gasteiger partial charge in [-0.05, 0) is 65.1 Å². The number of nitrogens with one attached hydrogen (secondary N) is 1. The van der Waals surface area contributed by atoms with Gasteiger partial charge in [-0.15, -0.1) is 0 Å². The maximum atomic E-state index is 12.4. The van der Waals surface area contributed by atoms with Gasteiger partial charge in [0.05, 0.1) is 5.69 Å². The van der Waals surface area contributed by atoms with Gasteiger partial charge in [0.25, 0.3) is 11.8 Å². The lowest BCUT2D eigenvalue weighted by Crippen LogP contribution is -2.35. The second-order valence-corrected chi connectivity index (χ2v) is 5.82.